The zero-order valence-electron chi connectivity index (χ0n) is 24.7. The van der Waals surface area contributed by atoms with Crippen LogP contribution >= 0.6 is 0 Å². The molecule has 11 nitrogen and oxygen atoms in total. The molecular formula is C33H31F2N7O4. The Morgan fingerprint density at radius 3 is 2.78 bits per heavy atom. The summed E-state index contributed by atoms with van der Waals surface area (Å²) in [6, 6.07) is 11.1. The van der Waals surface area contributed by atoms with Crippen molar-refractivity contribution in [3.05, 3.63) is 82.4 Å². The van der Waals surface area contributed by atoms with E-state index in [1.807, 2.05) is 0 Å². The topological polar surface area (TPSA) is 138 Å². The second-order valence-corrected chi connectivity index (χ2v) is 12.3. The number of amides is 1. The number of aromatic nitrogens is 5. The van der Waals surface area contributed by atoms with Gasteiger partial charge in [0.1, 0.15) is 28.7 Å². The first-order valence-corrected chi connectivity index (χ1v) is 15.5. The van der Waals surface area contributed by atoms with E-state index in [4.69, 9.17) is 19.8 Å². The van der Waals surface area contributed by atoms with Gasteiger partial charge in [0.15, 0.2) is 11.9 Å². The maximum Gasteiger partial charge on any atom is 0.404 e. The fraction of sp³-hybridized carbons (Fsp3) is 0.364. The Morgan fingerprint density at radius 1 is 1.11 bits per heavy atom. The number of hydrogen-bond acceptors (Lipinski definition) is 7. The summed E-state index contributed by atoms with van der Waals surface area (Å²) in [5.41, 5.74) is 1.39. The van der Waals surface area contributed by atoms with Crippen molar-refractivity contribution < 1.29 is 23.4 Å². The van der Waals surface area contributed by atoms with Crippen LogP contribution in [0.3, 0.4) is 0 Å². The number of piperidine rings is 1. The monoisotopic (exact) mass is 627 g/mol. The van der Waals surface area contributed by atoms with Crippen molar-refractivity contribution in [3.63, 3.8) is 0 Å². The minimum Gasteiger partial charge on any atom is -0.465 e. The second kappa shape index (κ2) is 10.9. The molecule has 0 bridgehead atoms. The van der Waals surface area contributed by atoms with Crippen LogP contribution in [0.5, 0.6) is 0 Å². The van der Waals surface area contributed by atoms with Gasteiger partial charge in [-0.3, -0.25) is 4.79 Å². The zero-order chi connectivity index (χ0) is 31.6. The van der Waals surface area contributed by atoms with E-state index < -0.39 is 22.9 Å². The Bertz CT molecular complexity index is 2060. The van der Waals surface area contributed by atoms with Crippen LogP contribution in [-0.4, -0.2) is 62.2 Å². The molecule has 0 spiro atoms. The number of nitrogens with one attached hydrogen (secondary N) is 2. The van der Waals surface area contributed by atoms with E-state index in [0.29, 0.717) is 58.9 Å². The Morgan fingerprint density at radius 2 is 1.98 bits per heavy atom. The number of halogens is 2. The Hall–Kier alpha value is -4.91. The van der Waals surface area contributed by atoms with Crippen molar-refractivity contribution in [2.24, 2.45) is 11.8 Å². The van der Waals surface area contributed by atoms with Gasteiger partial charge in [-0.05, 0) is 67.3 Å². The van der Waals surface area contributed by atoms with Gasteiger partial charge < -0.3 is 25.0 Å². The van der Waals surface area contributed by atoms with E-state index in [1.165, 1.54) is 18.3 Å². The maximum absolute atomic E-state index is 15.1. The van der Waals surface area contributed by atoms with Crippen LogP contribution in [0.4, 0.5) is 19.4 Å². The van der Waals surface area contributed by atoms with Crippen LogP contribution in [-0.2, 0) is 10.2 Å². The van der Waals surface area contributed by atoms with Crippen LogP contribution in [0.15, 0.2) is 59.7 Å². The van der Waals surface area contributed by atoms with Gasteiger partial charge in [-0.15, -0.1) is 0 Å². The van der Waals surface area contributed by atoms with Gasteiger partial charge in [-0.1, -0.05) is 18.2 Å². The molecule has 2 saturated heterocycles. The maximum atomic E-state index is 15.1. The number of ether oxygens (including phenoxy) is 1. The molecule has 5 aromatic rings. The molecule has 236 valence electrons. The number of pyridine rings is 1. The third-order valence-corrected chi connectivity index (χ3v) is 10.0. The summed E-state index contributed by atoms with van der Waals surface area (Å²) < 4.78 is 37.7. The average molecular weight is 628 g/mol. The van der Waals surface area contributed by atoms with Crippen LogP contribution in [0.1, 0.15) is 37.5 Å². The van der Waals surface area contributed by atoms with Crippen LogP contribution in [0, 0.1) is 23.5 Å². The first kappa shape index (κ1) is 28.6. The predicted octanol–water partition coefficient (Wildman–Crippen LogP) is 4.97. The van der Waals surface area contributed by atoms with Gasteiger partial charge >= 0.3 is 6.09 Å². The molecule has 8 rings (SSSR count). The quantitative estimate of drug-likeness (QED) is 0.240. The SMILES string of the molecule is O=C(O)NC[C@]1(c2ccccc2F)[C@@H]2CCN(c3cnc4c(-c5ccc(F)c6c(=O)[nH]ccc56)nn(C5CCCCO5)c4n3)C[C@@H]21. The zero-order valence-corrected chi connectivity index (χ0v) is 24.7. The number of carbonyl (C=O) groups is 1. The van der Waals surface area contributed by atoms with E-state index in [9.17, 15) is 19.1 Å². The molecule has 3 N–H and O–H groups in total. The summed E-state index contributed by atoms with van der Waals surface area (Å²) in [7, 11) is 0. The van der Waals surface area contributed by atoms with E-state index in [2.05, 4.69) is 15.2 Å². The van der Waals surface area contributed by atoms with Gasteiger partial charge in [0.25, 0.3) is 5.56 Å². The Kier molecular flexibility index (Phi) is 6.74. The van der Waals surface area contributed by atoms with Gasteiger partial charge in [-0.25, -0.2) is 28.2 Å². The standard InChI is InChI=1S/C33H31F2N7O4/c34-23-6-2-1-5-21(23)33(17-38-32(44)45)20-11-13-41(16-22(20)33)25-15-37-29-28(40-42(30(29)39-25)26-7-3-4-14-46-26)19-8-9-24(35)27-18(19)10-12-36-31(27)43/h1-2,5-6,8-10,12,15,20,22,26,38H,3-4,7,11,13-14,16-17H2,(H,36,43)(H,44,45)/t20-,22+,26?,33-/m1/s1. The molecule has 13 heteroatoms. The number of hydrogen-bond donors (Lipinski definition) is 3. The third-order valence-electron chi connectivity index (χ3n) is 10.0. The number of fused-ring (bicyclic) bond motifs is 3. The molecule has 3 aliphatic rings. The van der Waals surface area contributed by atoms with Crippen LogP contribution in [0.2, 0.25) is 0 Å². The number of carboxylic acid groups (broad SMARTS) is 1. The van der Waals surface area contributed by atoms with Crippen molar-refractivity contribution in [2.45, 2.75) is 37.3 Å². The van der Waals surface area contributed by atoms with Gasteiger partial charge in [-0.2, -0.15) is 5.10 Å². The normalized spacial score (nSPS) is 24.2. The highest BCUT2D eigenvalue weighted by atomic mass is 19.1. The van der Waals surface area contributed by atoms with E-state index in [1.54, 1.807) is 41.2 Å². The van der Waals surface area contributed by atoms with Crippen LogP contribution < -0.4 is 15.8 Å². The minimum absolute atomic E-state index is 0.00770. The number of aromatic amines is 1. The molecule has 1 aliphatic carbocycles. The molecule has 1 amide bonds. The van der Waals surface area contributed by atoms with Crippen molar-refractivity contribution in [2.75, 3.05) is 31.1 Å². The lowest BCUT2D eigenvalue weighted by atomic mass is 9.90. The first-order chi connectivity index (χ1) is 22.4. The molecule has 3 aromatic heterocycles. The second-order valence-electron chi connectivity index (χ2n) is 12.3. The molecule has 1 unspecified atom stereocenters. The predicted molar refractivity (Wildman–Crippen MR) is 166 cm³/mol. The van der Waals surface area contributed by atoms with E-state index >= 15 is 4.39 Å². The molecule has 2 aliphatic heterocycles. The molecule has 46 heavy (non-hydrogen) atoms. The minimum atomic E-state index is -1.14. The fourth-order valence-electron chi connectivity index (χ4n) is 7.83. The number of nitrogens with zero attached hydrogens (tertiary/aromatic N) is 5. The lowest BCUT2D eigenvalue weighted by molar-refractivity contribution is -0.0368. The lowest BCUT2D eigenvalue weighted by Gasteiger charge is -2.27. The van der Waals surface area contributed by atoms with E-state index in [-0.39, 0.29) is 35.8 Å². The highest BCUT2D eigenvalue weighted by Crippen LogP contribution is 2.63. The number of anilines is 1. The lowest BCUT2D eigenvalue weighted by Crippen LogP contribution is -2.35. The summed E-state index contributed by atoms with van der Waals surface area (Å²) in [4.78, 5) is 38.6. The Labute approximate surface area is 261 Å². The fourth-order valence-corrected chi connectivity index (χ4v) is 7.83. The van der Waals surface area contributed by atoms with Gasteiger partial charge in [0.05, 0.1) is 11.6 Å². The van der Waals surface area contributed by atoms with Crippen molar-refractivity contribution in [1.82, 2.24) is 30.0 Å². The summed E-state index contributed by atoms with van der Waals surface area (Å²) in [6.07, 6.45) is 5.03. The molecular weight excluding hydrogens is 596 g/mol. The molecule has 3 fully saturated rings. The van der Waals surface area contributed by atoms with E-state index in [0.717, 1.165) is 25.7 Å². The average Bonchev–Trinajstić information content (AvgIpc) is 3.56. The highest BCUT2D eigenvalue weighted by Gasteiger charge is 2.67. The molecule has 5 heterocycles. The van der Waals surface area contributed by atoms with Gasteiger partial charge in [0.2, 0.25) is 0 Å². The summed E-state index contributed by atoms with van der Waals surface area (Å²) in [5, 5.41) is 17.2. The molecule has 4 atom stereocenters. The molecule has 2 aromatic carbocycles. The number of benzene rings is 2. The Balaban J connectivity index is 1.20. The highest BCUT2D eigenvalue weighted by molar-refractivity contribution is 6.01. The molecule has 1 saturated carbocycles. The van der Waals surface area contributed by atoms with Crippen molar-refractivity contribution in [1.29, 1.82) is 0 Å². The van der Waals surface area contributed by atoms with Crippen LogP contribution in [0.25, 0.3) is 33.2 Å². The summed E-state index contributed by atoms with van der Waals surface area (Å²) in [5.74, 6) is -0.214. The molecule has 0 radical (unpaired) electrons. The number of H-pyrrole nitrogens is 1. The smallest absolute Gasteiger partial charge is 0.404 e. The largest absolute Gasteiger partial charge is 0.465 e. The van der Waals surface area contributed by atoms with Gasteiger partial charge in [0, 0.05) is 48.8 Å². The van der Waals surface area contributed by atoms with Crippen molar-refractivity contribution >= 4 is 33.8 Å². The first-order valence-electron chi connectivity index (χ1n) is 15.5. The summed E-state index contributed by atoms with van der Waals surface area (Å²) >= 11 is 0. The number of rotatable bonds is 6. The summed E-state index contributed by atoms with van der Waals surface area (Å²) in [6.45, 7) is 1.89. The van der Waals surface area contributed by atoms with Crippen molar-refractivity contribution in [3.8, 4) is 11.3 Å². The third kappa shape index (κ3) is 4.43.